The number of aromatic nitrogens is 1. The molecule has 3 rings (SSSR count). The van der Waals surface area contributed by atoms with Crippen LogP contribution >= 0.6 is 23.4 Å². The van der Waals surface area contributed by atoms with Crippen LogP contribution in [0.1, 0.15) is 39.0 Å². The van der Waals surface area contributed by atoms with E-state index in [1.807, 2.05) is 23.9 Å². The number of hydrogen-bond acceptors (Lipinski definition) is 6. The van der Waals surface area contributed by atoms with Crippen LogP contribution in [0.2, 0.25) is 5.02 Å². The topological polar surface area (TPSA) is 91.5 Å². The molecule has 1 fully saturated rings. The second-order valence-corrected chi connectivity index (χ2v) is 8.65. The fraction of sp³-hybridized carbons (Fsp3) is 0.381. The molecule has 1 saturated heterocycles. The Morgan fingerprint density at radius 3 is 2.57 bits per heavy atom. The maximum atomic E-state index is 12.6. The summed E-state index contributed by atoms with van der Waals surface area (Å²) in [5, 5.41) is 3.37. The van der Waals surface area contributed by atoms with E-state index in [0.29, 0.717) is 27.7 Å². The molecule has 0 aliphatic carbocycles. The lowest BCUT2D eigenvalue weighted by atomic mass is 10.1. The third kappa shape index (κ3) is 4.82. The van der Waals surface area contributed by atoms with Crippen LogP contribution in [0, 0.1) is 6.92 Å². The van der Waals surface area contributed by atoms with Crippen molar-refractivity contribution < 1.29 is 19.1 Å². The number of ether oxygens (including phenoxy) is 1. The van der Waals surface area contributed by atoms with Crippen LogP contribution in [-0.4, -0.2) is 54.3 Å². The van der Waals surface area contributed by atoms with E-state index in [9.17, 15) is 14.4 Å². The Labute approximate surface area is 184 Å². The van der Waals surface area contributed by atoms with Gasteiger partial charge in [0.1, 0.15) is 0 Å². The summed E-state index contributed by atoms with van der Waals surface area (Å²) in [4.78, 5) is 41.7. The predicted octanol–water partition coefficient (Wildman–Crippen LogP) is 3.70. The molecule has 30 heavy (non-hydrogen) atoms. The maximum Gasteiger partial charge on any atom is 0.339 e. The third-order valence-corrected chi connectivity index (χ3v) is 6.24. The number of anilines is 2. The molecule has 0 saturated carbocycles. The standard InChI is InChI=1S/C21H24ClN3O4S/c1-12-19(21(28)29-3)16(24-20(12)13(2)26)11-18(27)23-14-4-5-17(15(22)10-14)25-6-8-30-9-7-25/h4-5,10,24H,6-9,11H2,1-3H3,(H,23,27). The Bertz CT molecular complexity index is 983. The summed E-state index contributed by atoms with van der Waals surface area (Å²) in [5.74, 6) is 0.980. The second-order valence-electron chi connectivity index (χ2n) is 7.02. The van der Waals surface area contributed by atoms with Crippen LogP contribution in [0.4, 0.5) is 11.4 Å². The molecule has 0 radical (unpaired) electrons. The average Bonchev–Trinajstić information content (AvgIpc) is 3.04. The van der Waals surface area contributed by atoms with Crippen molar-refractivity contribution in [1.29, 1.82) is 0 Å². The highest BCUT2D eigenvalue weighted by atomic mass is 35.5. The summed E-state index contributed by atoms with van der Waals surface area (Å²) >= 11 is 8.37. The number of amides is 1. The Balaban J connectivity index is 1.76. The van der Waals surface area contributed by atoms with Gasteiger partial charge in [-0.05, 0) is 30.7 Å². The van der Waals surface area contributed by atoms with Gasteiger partial charge < -0.3 is 19.9 Å². The number of rotatable bonds is 6. The van der Waals surface area contributed by atoms with Crippen LogP contribution < -0.4 is 10.2 Å². The van der Waals surface area contributed by atoms with Crippen LogP contribution in [0.25, 0.3) is 0 Å². The molecule has 9 heteroatoms. The molecule has 0 bridgehead atoms. The molecular formula is C21H24ClN3O4S. The van der Waals surface area contributed by atoms with Gasteiger partial charge in [0.05, 0.1) is 35.5 Å². The number of hydrogen-bond donors (Lipinski definition) is 2. The number of carbonyl (C=O) groups excluding carboxylic acids is 3. The number of nitrogens with one attached hydrogen (secondary N) is 2. The molecule has 1 aromatic carbocycles. The third-order valence-electron chi connectivity index (χ3n) is 4.99. The summed E-state index contributed by atoms with van der Waals surface area (Å²) in [6.07, 6.45) is -0.110. The van der Waals surface area contributed by atoms with Gasteiger partial charge in [0.2, 0.25) is 5.91 Å². The van der Waals surface area contributed by atoms with Crippen molar-refractivity contribution in [2.75, 3.05) is 41.9 Å². The van der Waals surface area contributed by atoms with Crippen molar-refractivity contribution >= 4 is 52.4 Å². The van der Waals surface area contributed by atoms with E-state index < -0.39 is 5.97 Å². The molecule has 1 aromatic heterocycles. The SMILES string of the molecule is COC(=O)c1c(CC(=O)Nc2ccc(N3CCSCC3)c(Cl)c2)[nH]c(C(C)=O)c1C. The zero-order chi connectivity index (χ0) is 21.8. The average molecular weight is 450 g/mol. The number of ketones is 1. The highest BCUT2D eigenvalue weighted by molar-refractivity contribution is 7.99. The van der Waals surface area contributed by atoms with Gasteiger partial charge in [-0.1, -0.05) is 11.6 Å². The van der Waals surface area contributed by atoms with Crippen molar-refractivity contribution in [1.82, 2.24) is 4.98 Å². The van der Waals surface area contributed by atoms with Gasteiger partial charge in [0.15, 0.2) is 5.78 Å². The van der Waals surface area contributed by atoms with E-state index in [1.54, 1.807) is 13.0 Å². The summed E-state index contributed by atoms with van der Waals surface area (Å²) in [6.45, 7) is 4.93. The number of halogens is 1. The van der Waals surface area contributed by atoms with E-state index in [-0.39, 0.29) is 23.7 Å². The number of carbonyl (C=O) groups is 3. The molecule has 0 atom stereocenters. The summed E-state index contributed by atoms with van der Waals surface area (Å²) in [6, 6.07) is 5.43. The van der Waals surface area contributed by atoms with Crippen LogP contribution in [-0.2, 0) is 16.0 Å². The van der Waals surface area contributed by atoms with Crippen molar-refractivity contribution in [3.8, 4) is 0 Å². The Morgan fingerprint density at radius 2 is 1.97 bits per heavy atom. The zero-order valence-electron chi connectivity index (χ0n) is 17.1. The van der Waals surface area contributed by atoms with E-state index in [2.05, 4.69) is 15.2 Å². The quantitative estimate of drug-likeness (QED) is 0.516. The first-order valence-electron chi connectivity index (χ1n) is 9.54. The lowest BCUT2D eigenvalue weighted by Gasteiger charge is -2.29. The lowest BCUT2D eigenvalue weighted by Crippen LogP contribution is -2.32. The molecule has 160 valence electrons. The van der Waals surface area contributed by atoms with E-state index >= 15 is 0 Å². The molecule has 1 aliphatic rings. The van der Waals surface area contributed by atoms with E-state index in [0.717, 1.165) is 30.3 Å². The van der Waals surface area contributed by atoms with Gasteiger partial charge in [0.25, 0.3) is 0 Å². The number of benzene rings is 1. The predicted molar refractivity (Wildman–Crippen MR) is 120 cm³/mol. The normalized spacial score (nSPS) is 13.8. The smallest absolute Gasteiger partial charge is 0.339 e. The van der Waals surface area contributed by atoms with Crippen molar-refractivity contribution in [3.63, 3.8) is 0 Å². The molecular weight excluding hydrogens is 426 g/mol. The molecule has 7 nitrogen and oxygen atoms in total. The van der Waals surface area contributed by atoms with Gasteiger partial charge in [-0.25, -0.2) is 4.79 Å². The molecule has 2 N–H and O–H groups in total. The minimum atomic E-state index is -0.592. The number of thioether (sulfide) groups is 1. The largest absolute Gasteiger partial charge is 0.465 e. The number of H-pyrrole nitrogens is 1. The molecule has 0 unspecified atom stereocenters. The van der Waals surface area contributed by atoms with Crippen molar-refractivity contribution in [2.45, 2.75) is 20.3 Å². The first-order chi connectivity index (χ1) is 14.3. The number of Topliss-reactive ketones (excluding diaryl/α,β-unsaturated/α-hetero) is 1. The Kier molecular flexibility index (Phi) is 7.10. The van der Waals surface area contributed by atoms with E-state index in [1.165, 1.54) is 14.0 Å². The van der Waals surface area contributed by atoms with Gasteiger partial charge >= 0.3 is 5.97 Å². The van der Waals surface area contributed by atoms with Gasteiger partial charge in [-0.2, -0.15) is 11.8 Å². The molecule has 0 spiro atoms. The zero-order valence-corrected chi connectivity index (χ0v) is 18.7. The number of methoxy groups -OCH3 is 1. The van der Waals surface area contributed by atoms with Crippen LogP contribution in [0.15, 0.2) is 18.2 Å². The minimum Gasteiger partial charge on any atom is -0.465 e. The first-order valence-corrected chi connectivity index (χ1v) is 11.1. The first kappa shape index (κ1) is 22.2. The second kappa shape index (κ2) is 9.57. The van der Waals surface area contributed by atoms with Gasteiger partial charge in [0, 0.05) is 42.9 Å². The maximum absolute atomic E-state index is 12.6. The molecule has 1 aliphatic heterocycles. The number of aromatic amines is 1. The lowest BCUT2D eigenvalue weighted by molar-refractivity contribution is -0.115. The Hall–Kier alpha value is -2.45. The molecule has 2 aromatic rings. The summed E-state index contributed by atoms with van der Waals surface area (Å²) < 4.78 is 4.81. The van der Waals surface area contributed by atoms with Crippen LogP contribution in [0.3, 0.4) is 0 Å². The van der Waals surface area contributed by atoms with Crippen LogP contribution in [0.5, 0.6) is 0 Å². The van der Waals surface area contributed by atoms with Gasteiger partial charge in [-0.15, -0.1) is 0 Å². The summed E-state index contributed by atoms with van der Waals surface area (Å²) in [5.41, 5.74) is 2.85. The monoisotopic (exact) mass is 449 g/mol. The highest BCUT2D eigenvalue weighted by Crippen LogP contribution is 2.30. The highest BCUT2D eigenvalue weighted by Gasteiger charge is 2.24. The minimum absolute atomic E-state index is 0.110. The van der Waals surface area contributed by atoms with E-state index in [4.69, 9.17) is 16.3 Å². The molecule has 2 heterocycles. The molecule has 1 amide bonds. The Morgan fingerprint density at radius 1 is 1.27 bits per heavy atom. The van der Waals surface area contributed by atoms with Gasteiger partial charge in [-0.3, -0.25) is 9.59 Å². The number of nitrogens with zero attached hydrogens (tertiary/aromatic N) is 1. The van der Waals surface area contributed by atoms with Crippen molar-refractivity contribution in [3.05, 3.63) is 45.7 Å². The fourth-order valence-electron chi connectivity index (χ4n) is 3.53. The van der Waals surface area contributed by atoms with Crippen molar-refractivity contribution in [2.24, 2.45) is 0 Å². The summed E-state index contributed by atoms with van der Waals surface area (Å²) in [7, 11) is 1.26. The number of esters is 1. The fourth-order valence-corrected chi connectivity index (χ4v) is 4.74.